The average Bonchev–Trinajstić information content (AvgIpc) is 2.37. The molecule has 2 atom stereocenters. The summed E-state index contributed by atoms with van der Waals surface area (Å²) >= 11 is 0. The van der Waals surface area contributed by atoms with E-state index >= 15 is 0 Å². The van der Waals surface area contributed by atoms with Gasteiger partial charge >= 0.3 is 0 Å². The molecule has 0 saturated heterocycles. The highest BCUT2D eigenvalue weighted by Gasteiger charge is 2.26. The lowest BCUT2D eigenvalue weighted by Crippen LogP contribution is -2.24. The first-order valence-electron chi connectivity index (χ1n) is 4.56. The Hall–Kier alpha value is -0.570. The monoisotopic (exact) mass is 170 g/mol. The van der Waals surface area contributed by atoms with Gasteiger partial charge in [-0.05, 0) is 32.9 Å². The van der Waals surface area contributed by atoms with Crippen LogP contribution >= 0.6 is 0 Å². The van der Waals surface area contributed by atoms with Crippen LogP contribution in [0.3, 0.4) is 0 Å². The van der Waals surface area contributed by atoms with E-state index in [1.165, 1.54) is 19.3 Å². The van der Waals surface area contributed by atoms with Gasteiger partial charge in [-0.1, -0.05) is 6.42 Å². The molecule has 2 unspecified atom stereocenters. The van der Waals surface area contributed by atoms with Crippen LogP contribution in [0, 0.1) is 11.8 Å². The van der Waals surface area contributed by atoms with Crippen molar-refractivity contribution in [2.75, 3.05) is 20.6 Å². The van der Waals surface area contributed by atoms with Gasteiger partial charge in [0.1, 0.15) is 0 Å². The van der Waals surface area contributed by atoms with Crippen LogP contribution in [0.5, 0.6) is 0 Å². The molecule has 0 amide bonds. The Labute approximate surface area is 74.1 Å². The summed E-state index contributed by atoms with van der Waals surface area (Å²) in [5, 5.41) is 11.6. The molecule has 0 bridgehead atoms. The molecule has 3 nitrogen and oxygen atoms in total. The van der Waals surface area contributed by atoms with Gasteiger partial charge in [-0.2, -0.15) is 0 Å². The minimum atomic E-state index is 0.498. The summed E-state index contributed by atoms with van der Waals surface area (Å²) in [6.07, 6.45) is 5.42. The lowest BCUT2D eigenvalue weighted by atomic mass is 9.97. The maximum Gasteiger partial charge on any atom is 0.0470 e. The predicted molar refractivity (Wildman–Crippen MR) is 49.7 cm³/mol. The summed E-state index contributed by atoms with van der Waals surface area (Å²) in [5.41, 5.74) is 0. The zero-order chi connectivity index (χ0) is 8.97. The third-order valence-electron chi connectivity index (χ3n) is 2.58. The number of hydrogen-bond donors (Lipinski definition) is 1. The second-order valence-electron chi connectivity index (χ2n) is 3.88. The fraction of sp³-hybridized carbons (Fsp3) is 0.889. The van der Waals surface area contributed by atoms with Crippen molar-refractivity contribution < 1.29 is 5.21 Å². The highest BCUT2D eigenvalue weighted by atomic mass is 16.4. The SMILES string of the molecule is CN(C)CC1CCCC1C=NO. The molecule has 0 heterocycles. The summed E-state index contributed by atoms with van der Waals surface area (Å²) in [4.78, 5) is 2.20. The zero-order valence-electron chi connectivity index (χ0n) is 7.90. The molecule has 0 aromatic heterocycles. The Morgan fingerprint density at radius 3 is 2.83 bits per heavy atom. The van der Waals surface area contributed by atoms with Crippen molar-refractivity contribution in [1.82, 2.24) is 4.90 Å². The van der Waals surface area contributed by atoms with Gasteiger partial charge in [0, 0.05) is 18.7 Å². The second kappa shape index (κ2) is 4.45. The molecule has 1 fully saturated rings. The van der Waals surface area contributed by atoms with E-state index in [1.807, 2.05) is 0 Å². The first-order valence-corrected chi connectivity index (χ1v) is 4.56. The highest BCUT2D eigenvalue weighted by Crippen LogP contribution is 2.30. The number of hydrogen-bond acceptors (Lipinski definition) is 3. The summed E-state index contributed by atoms with van der Waals surface area (Å²) in [6, 6.07) is 0. The van der Waals surface area contributed by atoms with Crippen molar-refractivity contribution in [2.45, 2.75) is 19.3 Å². The minimum Gasteiger partial charge on any atom is -0.411 e. The summed E-state index contributed by atoms with van der Waals surface area (Å²) in [5.74, 6) is 1.19. The van der Waals surface area contributed by atoms with E-state index in [4.69, 9.17) is 5.21 Å². The molecule has 1 rings (SSSR count). The van der Waals surface area contributed by atoms with Gasteiger partial charge in [0.25, 0.3) is 0 Å². The number of rotatable bonds is 3. The minimum absolute atomic E-state index is 0.498. The van der Waals surface area contributed by atoms with Crippen LogP contribution in [0.25, 0.3) is 0 Å². The van der Waals surface area contributed by atoms with Crippen LogP contribution in [0.4, 0.5) is 0 Å². The van der Waals surface area contributed by atoms with E-state index in [0.29, 0.717) is 11.8 Å². The molecule has 0 radical (unpaired) electrons. The van der Waals surface area contributed by atoms with Crippen molar-refractivity contribution >= 4 is 6.21 Å². The third kappa shape index (κ3) is 2.48. The summed E-state index contributed by atoms with van der Waals surface area (Å²) in [7, 11) is 4.18. The van der Waals surface area contributed by atoms with E-state index in [-0.39, 0.29) is 0 Å². The first-order chi connectivity index (χ1) is 5.74. The standard InChI is InChI=1S/C9H18N2O/c1-11(2)7-9-5-3-4-8(9)6-10-12/h6,8-9,12H,3-5,7H2,1-2H3. The molecule has 0 aromatic carbocycles. The summed E-state index contributed by atoms with van der Waals surface area (Å²) in [6.45, 7) is 1.11. The van der Waals surface area contributed by atoms with Crippen LogP contribution in [-0.2, 0) is 0 Å². The van der Waals surface area contributed by atoms with Gasteiger partial charge in [-0.15, -0.1) is 5.16 Å². The van der Waals surface area contributed by atoms with Crippen molar-refractivity contribution in [1.29, 1.82) is 0 Å². The van der Waals surface area contributed by atoms with Gasteiger partial charge in [-0.3, -0.25) is 0 Å². The molecular formula is C9H18N2O. The van der Waals surface area contributed by atoms with Crippen LogP contribution < -0.4 is 0 Å². The first kappa shape index (κ1) is 9.52. The molecule has 1 saturated carbocycles. The molecule has 1 N–H and O–H groups in total. The maximum absolute atomic E-state index is 8.43. The molecule has 1 aliphatic rings. The van der Waals surface area contributed by atoms with Gasteiger partial charge in [0.2, 0.25) is 0 Å². The largest absolute Gasteiger partial charge is 0.411 e. The summed E-state index contributed by atoms with van der Waals surface area (Å²) < 4.78 is 0. The van der Waals surface area contributed by atoms with Crippen molar-refractivity contribution in [3.8, 4) is 0 Å². The Morgan fingerprint density at radius 2 is 2.25 bits per heavy atom. The van der Waals surface area contributed by atoms with E-state index in [9.17, 15) is 0 Å². The molecule has 12 heavy (non-hydrogen) atoms. The van der Waals surface area contributed by atoms with Crippen molar-refractivity contribution in [2.24, 2.45) is 17.0 Å². The van der Waals surface area contributed by atoms with E-state index < -0.39 is 0 Å². The van der Waals surface area contributed by atoms with Gasteiger partial charge in [0.05, 0.1) is 0 Å². The van der Waals surface area contributed by atoms with E-state index in [1.54, 1.807) is 6.21 Å². The number of oxime groups is 1. The van der Waals surface area contributed by atoms with E-state index in [2.05, 4.69) is 24.2 Å². The van der Waals surface area contributed by atoms with Gasteiger partial charge in [0.15, 0.2) is 0 Å². The second-order valence-corrected chi connectivity index (χ2v) is 3.88. The van der Waals surface area contributed by atoms with Crippen LogP contribution in [-0.4, -0.2) is 37.0 Å². The molecule has 0 aliphatic heterocycles. The molecule has 3 heteroatoms. The quantitative estimate of drug-likeness (QED) is 0.395. The Balaban J connectivity index is 2.40. The number of nitrogens with zero attached hydrogens (tertiary/aromatic N) is 2. The topological polar surface area (TPSA) is 35.8 Å². The lowest BCUT2D eigenvalue weighted by Gasteiger charge is -2.19. The van der Waals surface area contributed by atoms with Crippen LogP contribution in [0.15, 0.2) is 5.16 Å². The highest BCUT2D eigenvalue weighted by molar-refractivity contribution is 5.60. The Morgan fingerprint density at radius 1 is 1.50 bits per heavy atom. The zero-order valence-corrected chi connectivity index (χ0v) is 7.90. The molecule has 0 spiro atoms. The fourth-order valence-electron chi connectivity index (χ4n) is 2.04. The lowest BCUT2D eigenvalue weighted by molar-refractivity contribution is 0.295. The predicted octanol–water partition coefficient (Wildman–Crippen LogP) is 1.42. The normalized spacial score (nSPS) is 30.6. The Kier molecular flexibility index (Phi) is 3.53. The van der Waals surface area contributed by atoms with Gasteiger partial charge < -0.3 is 10.1 Å². The molecule has 0 aromatic rings. The molecule has 70 valence electrons. The van der Waals surface area contributed by atoms with Crippen molar-refractivity contribution in [3.05, 3.63) is 0 Å². The maximum atomic E-state index is 8.43. The van der Waals surface area contributed by atoms with E-state index in [0.717, 1.165) is 6.54 Å². The van der Waals surface area contributed by atoms with Crippen molar-refractivity contribution in [3.63, 3.8) is 0 Å². The van der Waals surface area contributed by atoms with Crippen LogP contribution in [0.2, 0.25) is 0 Å². The fourth-order valence-corrected chi connectivity index (χ4v) is 2.04. The Bertz CT molecular complexity index is 157. The molecular weight excluding hydrogens is 152 g/mol. The molecule has 1 aliphatic carbocycles. The smallest absolute Gasteiger partial charge is 0.0470 e. The third-order valence-corrected chi connectivity index (χ3v) is 2.58. The van der Waals surface area contributed by atoms with Crippen LogP contribution in [0.1, 0.15) is 19.3 Å². The average molecular weight is 170 g/mol. The van der Waals surface area contributed by atoms with Gasteiger partial charge in [-0.25, -0.2) is 0 Å².